The van der Waals surface area contributed by atoms with Crippen molar-refractivity contribution < 1.29 is 0 Å². The zero-order valence-corrected chi connectivity index (χ0v) is 11.9. The maximum atomic E-state index is 3.57. The van der Waals surface area contributed by atoms with Gasteiger partial charge in [0.25, 0.3) is 0 Å². The molecule has 1 unspecified atom stereocenters. The molecular formula is C14H24N2S. The first-order valence-electron chi connectivity index (χ1n) is 6.66. The van der Waals surface area contributed by atoms with Crippen molar-refractivity contribution in [2.24, 2.45) is 5.41 Å². The van der Waals surface area contributed by atoms with E-state index in [2.05, 4.69) is 41.7 Å². The molecule has 0 saturated carbocycles. The van der Waals surface area contributed by atoms with E-state index in [1.807, 2.05) is 11.3 Å². The fraction of sp³-hybridized carbons (Fsp3) is 0.714. The van der Waals surface area contributed by atoms with Gasteiger partial charge in [0.15, 0.2) is 0 Å². The lowest BCUT2D eigenvalue weighted by atomic mass is 9.78. The highest BCUT2D eigenvalue weighted by atomic mass is 32.1. The van der Waals surface area contributed by atoms with E-state index in [0.717, 1.165) is 6.54 Å². The summed E-state index contributed by atoms with van der Waals surface area (Å²) >= 11 is 1.86. The molecule has 0 aliphatic carbocycles. The van der Waals surface area contributed by atoms with Crippen LogP contribution in [-0.4, -0.2) is 31.6 Å². The quantitative estimate of drug-likeness (QED) is 0.867. The van der Waals surface area contributed by atoms with Crippen LogP contribution in [0.2, 0.25) is 0 Å². The summed E-state index contributed by atoms with van der Waals surface area (Å²) in [4.78, 5) is 3.96. The lowest BCUT2D eigenvalue weighted by molar-refractivity contribution is 0.125. The lowest BCUT2D eigenvalue weighted by Crippen LogP contribution is -2.46. The smallest absolute Gasteiger partial charge is 0.0325 e. The second-order valence-corrected chi connectivity index (χ2v) is 6.42. The molecule has 0 radical (unpaired) electrons. The monoisotopic (exact) mass is 252 g/mol. The third-order valence-electron chi connectivity index (χ3n) is 3.92. The first-order chi connectivity index (χ1) is 8.24. The van der Waals surface area contributed by atoms with Gasteiger partial charge in [-0.05, 0) is 49.7 Å². The van der Waals surface area contributed by atoms with Crippen molar-refractivity contribution in [1.29, 1.82) is 0 Å². The number of rotatable bonds is 5. The Balaban J connectivity index is 1.89. The molecule has 0 bridgehead atoms. The summed E-state index contributed by atoms with van der Waals surface area (Å²) in [6.45, 7) is 7.05. The molecule has 0 amide bonds. The Labute approximate surface area is 109 Å². The molecule has 0 spiro atoms. The lowest BCUT2D eigenvalue weighted by Gasteiger charge is -2.39. The van der Waals surface area contributed by atoms with Crippen molar-refractivity contribution >= 4 is 11.3 Å². The predicted molar refractivity (Wildman–Crippen MR) is 75.5 cm³/mol. The van der Waals surface area contributed by atoms with Crippen LogP contribution in [0.5, 0.6) is 0 Å². The molecular weight excluding hydrogens is 228 g/mol. The third-order valence-corrected chi connectivity index (χ3v) is 4.78. The number of piperidine rings is 1. The highest BCUT2D eigenvalue weighted by Crippen LogP contribution is 2.31. The summed E-state index contributed by atoms with van der Waals surface area (Å²) in [6.07, 6.45) is 4.00. The van der Waals surface area contributed by atoms with E-state index in [-0.39, 0.29) is 0 Å². The summed E-state index contributed by atoms with van der Waals surface area (Å²) in [5.74, 6) is 0. The summed E-state index contributed by atoms with van der Waals surface area (Å²) in [6, 6.07) is 4.38. The zero-order valence-electron chi connectivity index (χ0n) is 11.0. The van der Waals surface area contributed by atoms with Gasteiger partial charge in [0.2, 0.25) is 0 Å². The summed E-state index contributed by atoms with van der Waals surface area (Å²) in [5.41, 5.74) is 0.504. The van der Waals surface area contributed by atoms with E-state index in [1.165, 1.54) is 43.8 Å². The van der Waals surface area contributed by atoms with Crippen LogP contribution >= 0.6 is 11.3 Å². The highest BCUT2D eigenvalue weighted by molar-refractivity contribution is 7.09. The van der Waals surface area contributed by atoms with Crippen LogP contribution in [0, 0.1) is 5.41 Å². The van der Waals surface area contributed by atoms with Crippen LogP contribution in [0.4, 0.5) is 0 Å². The first-order valence-corrected chi connectivity index (χ1v) is 7.54. The van der Waals surface area contributed by atoms with Crippen LogP contribution < -0.4 is 5.32 Å². The van der Waals surface area contributed by atoms with E-state index < -0.39 is 0 Å². The SMILES string of the molecule is CCC1(CN(C)Cc2cccs2)CCCNC1. The van der Waals surface area contributed by atoms with Crippen LogP contribution in [0.3, 0.4) is 0 Å². The van der Waals surface area contributed by atoms with Crippen molar-refractivity contribution in [3.63, 3.8) is 0 Å². The molecule has 1 atom stereocenters. The first kappa shape index (κ1) is 13.1. The van der Waals surface area contributed by atoms with Gasteiger partial charge in [-0.2, -0.15) is 0 Å². The van der Waals surface area contributed by atoms with Gasteiger partial charge in [-0.15, -0.1) is 11.3 Å². The van der Waals surface area contributed by atoms with Gasteiger partial charge >= 0.3 is 0 Å². The number of thiophene rings is 1. The van der Waals surface area contributed by atoms with Crippen LogP contribution in [0.1, 0.15) is 31.1 Å². The average molecular weight is 252 g/mol. The summed E-state index contributed by atoms with van der Waals surface area (Å²) in [7, 11) is 2.26. The molecule has 1 aliphatic heterocycles. The van der Waals surface area contributed by atoms with E-state index in [9.17, 15) is 0 Å². The topological polar surface area (TPSA) is 15.3 Å². The van der Waals surface area contributed by atoms with Gasteiger partial charge in [0.1, 0.15) is 0 Å². The molecule has 1 fully saturated rings. The number of hydrogen-bond donors (Lipinski definition) is 1. The van der Waals surface area contributed by atoms with Crippen LogP contribution in [-0.2, 0) is 6.54 Å². The minimum atomic E-state index is 0.504. The van der Waals surface area contributed by atoms with Gasteiger partial charge in [-0.3, -0.25) is 0 Å². The van der Waals surface area contributed by atoms with Crippen molar-refractivity contribution in [2.45, 2.75) is 32.7 Å². The van der Waals surface area contributed by atoms with Crippen LogP contribution in [0.15, 0.2) is 17.5 Å². The Kier molecular flexibility index (Phi) is 4.60. The fourth-order valence-electron chi connectivity index (χ4n) is 2.88. The number of nitrogens with one attached hydrogen (secondary N) is 1. The molecule has 96 valence electrons. The maximum absolute atomic E-state index is 3.57. The second kappa shape index (κ2) is 5.98. The fourth-order valence-corrected chi connectivity index (χ4v) is 3.66. The molecule has 2 nitrogen and oxygen atoms in total. The van der Waals surface area contributed by atoms with Crippen LogP contribution in [0.25, 0.3) is 0 Å². The Morgan fingerprint density at radius 1 is 1.53 bits per heavy atom. The number of hydrogen-bond acceptors (Lipinski definition) is 3. The second-order valence-electron chi connectivity index (χ2n) is 5.39. The summed E-state index contributed by atoms with van der Waals surface area (Å²) < 4.78 is 0. The van der Waals surface area contributed by atoms with Gasteiger partial charge in [-0.1, -0.05) is 13.0 Å². The van der Waals surface area contributed by atoms with Gasteiger partial charge in [-0.25, -0.2) is 0 Å². The predicted octanol–water partition coefficient (Wildman–Crippen LogP) is 2.96. The van der Waals surface area contributed by atoms with E-state index >= 15 is 0 Å². The molecule has 1 N–H and O–H groups in total. The van der Waals surface area contributed by atoms with Crippen molar-refractivity contribution in [3.05, 3.63) is 22.4 Å². The summed E-state index contributed by atoms with van der Waals surface area (Å²) in [5, 5.41) is 5.73. The molecule has 1 aromatic heterocycles. The maximum Gasteiger partial charge on any atom is 0.0325 e. The molecule has 17 heavy (non-hydrogen) atoms. The molecule has 1 saturated heterocycles. The zero-order chi connectivity index (χ0) is 12.1. The molecule has 2 heterocycles. The van der Waals surface area contributed by atoms with Gasteiger partial charge in [0.05, 0.1) is 0 Å². The molecule has 0 aromatic carbocycles. The van der Waals surface area contributed by atoms with Gasteiger partial charge < -0.3 is 10.2 Å². The van der Waals surface area contributed by atoms with Crippen molar-refractivity contribution in [3.8, 4) is 0 Å². The minimum Gasteiger partial charge on any atom is -0.316 e. The largest absolute Gasteiger partial charge is 0.316 e. The molecule has 2 rings (SSSR count). The standard InChI is InChI=1S/C14H24N2S/c1-3-14(7-5-8-15-11-14)12-16(2)10-13-6-4-9-17-13/h4,6,9,15H,3,5,7-8,10-12H2,1-2H3. The van der Waals surface area contributed by atoms with Gasteiger partial charge in [0, 0.05) is 24.5 Å². The Morgan fingerprint density at radius 2 is 2.41 bits per heavy atom. The average Bonchev–Trinajstić information content (AvgIpc) is 2.83. The van der Waals surface area contributed by atoms with E-state index in [1.54, 1.807) is 0 Å². The van der Waals surface area contributed by atoms with E-state index in [0.29, 0.717) is 5.41 Å². The Morgan fingerprint density at radius 3 is 3.00 bits per heavy atom. The van der Waals surface area contributed by atoms with Crippen molar-refractivity contribution in [2.75, 3.05) is 26.7 Å². The van der Waals surface area contributed by atoms with E-state index in [4.69, 9.17) is 0 Å². The normalized spacial score (nSPS) is 25.4. The molecule has 3 heteroatoms. The Bertz CT molecular complexity index is 315. The number of nitrogens with zero attached hydrogens (tertiary/aromatic N) is 1. The minimum absolute atomic E-state index is 0.504. The molecule has 1 aliphatic rings. The third kappa shape index (κ3) is 3.54. The van der Waals surface area contributed by atoms with Crippen molar-refractivity contribution in [1.82, 2.24) is 10.2 Å². The highest BCUT2D eigenvalue weighted by Gasteiger charge is 2.31. The molecule has 1 aromatic rings. The Hall–Kier alpha value is -0.380.